The second kappa shape index (κ2) is 6.75. The molecule has 1 aromatic carbocycles. The standard InChI is InChI=1S/C11H14FNO6S/c1-19-6-7(5-14)13-20(17,18)8-2-3-10(12)9(4-8)11(15)16/h2-4,7,13-14H,5-6H2,1H3,(H,15,16). The first-order chi connectivity index (χ1) is 9.31. The Labute approximate surface area is 115 Å². The summed E-state index contributed by atoms with van der Waals surface area (Å²) in [6, 6.07) is 1.51. The molecule has 1 unspecified atom stereocenters. The number of benzene rings is 1. The number of carboxylic acid groups (broad SMARTS) is 1. The Morgan fingerprint density at radius 3 is 2.65 bits per heavy atom. The molecule has 0 saturated carbocycles. The summed E-state index contributed by atoms with van der Waals surface area (Å²) in [6.45, 7) is -0.567. The van der Waals surface area contributed by atoms with Crippen LogP contribution in [0.25, 0.3) is 0 Å². The molecular formula is C11H14FNO6S. The van der Waals surface area contributed by atoms with Crippen molar-refractivity contribution in [1.29, 1.82) is 0 Å². The molecule has 0 saturated heterocycles. The van der Waals surface area contributed by atoms with Gasteiger partial charge >= 0.3 is 5.97 Å². The van der Waals surface area contributed by atoms with Crippen molar-refractivity contribution in [3.05, 3.63) is 29.6 Å². The number of ether oxygens (including phenoxy) is 1. The monoisotopic (exact) mass is 307 g/mol. The molecule has 0 aliphatic rings. The predicted octanol–water partition coefficient (Wildman–Crippen LogP) is -0.190. The molecule has 0 radical (unpaired) electrons. The van der Waals surface area contributed by atoms with Crippen LogP contribution < -0.4 is 4.72 Å². The highest BCUT2D eigenvalue weighted by Gasteiger charge is 2.22. The van der Waals surface area contributed by atoms with E-state index < -0.39 is 44.9 Å². The van der Waals surface area contributed by atoms with Crippen molar-refractivity contribution in [1.82, 2.24) is 4.72 Å². The predicted molar refractivity (Wildman–Crippen MR) is 66.4 cm³/mol. The molecule has 112 valence electrons. The minimum atomic E-state index is -4.09. The highest BCUT2D eigenvalue weighted by atomic mass is 32.2. The topological polar surface area (TPSA) is 113 Å². The minimum Gasteiger partial charge on any atom is -0.478 e. The zero-order chi connectivity index (χ0) is 15.3. The molecule has 0 fully saturated rings. The summed E-state index contributed by atoms with van der Waals surface area (Å²) >= 11 is 0. The lowest BCUT2D eigenvalue weighted by Crippen LogP contribution is -2.40. The van der Waals surface area contributed by atoms with Crippen LogP contribution in [0.15, 0.2) is 23.1 Å². The fraction of sp³-hybridized carbons (Fsp3) is 0.364. The Bertz CT molecular complexity index is 589. The quantitative estimate of drug-likeness (QED) is 0.643. The molecule has 1 atom stereocenters. The van der Waals surface area contributed by atoms with Gasteiger partial charge in [-0.15, -0.1) is 0 Å². The van der Waals surface area contributed by atoms with Gasteiger partial charge in [0.2, 0.25) is 10.0 Å². The van der Waals surface area contributed by atoms with Crippen LogP contribution >= 0.6 is 0 Å². The van der Waals surface area contributed by atoms with Crippen molar-refractivity contribution in [3.63, 3.8) is 0 Å². The van der Waals surface area contributed by atoms with Crippen LogP contribution in [0.3, 0.4) is 0 Å². The zero-order valence-electron chi connectivity index (χ0n) is 10.5. The second-order valence-corrected chi connectivity index (χ2v) is 5.62. The van der Waals surface area contributed by atoms with Crippen LogP contribution in [0.1, 0.15) is 10.4 Å². The van der Waals surface area contributed by atoms with Gasteiger partial charge in [0.25, 0.3) is 0 Å². The highest BCUT2D eigenvalue weighted by molar-refractivity contribution is 7.89. The van der Waals surface area contributed by atoms with Gasteiger partial charge in [0.05, 0.1) is 29.7 Å². The number of hydrogen-bond donors (Lipinski definition) is 3. The molecule has 3 N–H and O–H groups in total. The van der Waals surface area contributed by atoms with E-state index in [1.165, 1.54) is 7.11 Å². The fourth-order valence-corrected chi connectivity index (χ4v) is 2.69. The highest BCUT2D eigenvalue weighted by Crippen LogP contribution is 2.15. The summed E-state index contributed by atoms with van der Waals surface area (Å²) in [7, 11) is -2.76. The van der Waals surface area contributed by atoms with Gasteiger partial charge in [0.1, 0.15) is 5.82 Å². The van der Waals surface area contributed by atoms with E-state index in [2.05, 4.69) is 4.72 Å². The van der Waals surface area contributed by atoms with Gasteiger partial charge in [-0.2, -0.15) is 0 Å². The number of rotatable bonds is 7. The van der Waals surface area contributed by atoms with E-state index >= 15 is 0 Å². The first kappa shape index (κ1) is 16.5. The van der Waals surface area contributed by atoms with Crippen LogP contribution in [-0.4, -0.2) is 51.0 Å². The Hall–Kier alpha value is -1.55. The summed E-state index contributed by atoms with van der Waals surface area (Å²) in [5.41, 5.74) is -0.750. The van der Waals surface area contributed by atoms with Gasteiger partial charge in [-0.1, -0.05) is 0 Å². The van der Waals surface area contributed by atoms with Crippen LogP contribution in [0.4, 0.5) is 4.39 Å². The van der Waals surface area contributed by atoms with Crippen LogP contribution in [0.5, 0.6) is 0 Å². The maximum absolute atomic E-state index is 13.2. The summed E-state index contributed by atoms with van der Waals surface area (Å²) in [6.07, 6.45) is 0. The molecule has 0 heterocycles. The van der Waals surface area contributed by atoms with Gasteiger partial charge in [0, 0.05) is 7.11 Å². The fourth-order valence-electron chi connectivity index (χ4n) is 1.45. The molecule has 7 nitrogen and oxygen atoms in total. The average Bonchev–Trinajstić information content (AvgIpc) is 2.37. The van der Waals surface area contributed by atoms with Gasteiger partial charge < -0.3 is 14.9 Å². The molecule has 1 rings (SSSR count). The third kappa shape index (κ3) is 3.97. The van der Waals surface area contributed by atoms with Crippen LogP contribution in [0, 0.1) is 5.82 Å². The largest absolute Gasteiger partial charge is 0.478 e. The number of carboxylic acids is 1. The molecule has 0 aliphatic heterocycles. The van der Waals surface area contributed by atoms with Gasteiger partial charge in [-0.25, -0.2) is 22.3 Å². The van der Waals surface area contributed by atoms with Gasteiger partial charge in [-0.05, 0) is 18.2 Å². The lowest BCUT2D eigenvalue weighted by Gasteiger charge is -2.15. The number of carbonyl (C=O) groups is 1. The average molecular weight is 307 g/mol. The first-order valence-electron chi connectivity index (χ1n) is 5.46. The third-order valence-electron chi connectivity index (χ3n) is 2.39. The summed E-state index contributed by atoms with van der Waals surface area (Å²) in [4.78, 5) is 10.4. The van der Waals surface area contributed by atoms with E-state index in [1.807, 2.05) is 0 Å². The van der Waals surface area contributed by atoms with Crippen LogP contribution in [-0.2, 0) is 14.8 Å². The summed E-state index contributed by atoms with van der Waals surface area (Å²) in [5, 5.41) is 17.7. The van der Waals surface area contributed by atoms with Crippen molar-refractivity contribution >= 4 is 16.0 Å². The van der Waals surface area contributed by atoms with Crippen molar-refractivity contribution in [2.75, 3.05) is 20.3 Å². The summed E-state index contributed by atoms with van der Waals surface area (Å²) in [5.74, 6) is -2.61. The molecule has 9 heteroatoms. The zero-order valence-corrected chi connectivity index (χ0v) is 11.4. The Kier molecular flexibility index (Phi) is 5.57. The van der Waals surface area contributed by atoms with E-state index in [9.17, 15) is 17.6 Å². The smallest absolute Gasteiger partial charge is 0.338 e. The van der Waals surface area contributed by atoms with Gasteiger partial charge in [0.15, 0.2) is 0 Å². The summed E-state index contributed by atoms with van der Waals surface area (Å²) < 4.78 is 44.0. The van der Waals surface area contributed by atoms with E-state index in [4.69, 9.17) is 14.9 Å². The van der Waals surface area contributed by atoms with Crippen molar-refractivity contribution < 1.29 is 32.6 Å². The number of halogens is 1. The van der Waals surface area contributed by atoms with E-state index in [0.29, 0.717) is 6.07 Å². The number of hydrogen-bond acceptors (Lipinski definition) is 5. The molecule has 0 aliphatic carbocycles. The normalized spacial score (nSPS) is 13.2. The molecule has 0 spiro atoms. The number of aliphatic hydroxyl groups is 1. The molecular weight excluding hydrogens is 293 g/mol. The number of methoxy groups -OCH3 is 1. The maximum Gasteiger partial charge on any atom is 0.338 e. The van der Waals surface area contributed by atoms with Crippen LogP contribution in [0.2, 0.25) is 0 Å². The third-order valence-corrected chi connectivity index (χ3v) is 3.91. The Morgan fingerprint density at radius 2 is 2.15 bits per heavy atom. The first-order valence-corrected chi connectivity index (χ1v) is 6.95. The molecule has 1 aromatic rings. The van der Waals surface area contributed by atoms with Gasteiger partial charge in [-0.3, -0.25) is 0 Å². The number of sulfonamides is 1. The maximum atomic E-state index is 13.2. The lowest BCUT2D eigenvalue weighted by molar-refractivity contribution is 0.0691. The Morgan fingerprint density at radius 1 is 1.50 bits per heavy atom. The molecule has 0 amide bonds. The second-order valence-electron chi connectivity index (χ2n) is 3.90. The Balaban J connectivity index is 3.09. The SMILES string of the molecule is COCC(CO)NS(=O)(=O)c1ccc(F)c(C(=O)O)c1. The minimum absolute atomic E-state index is 0.0668. The van der Waals surface area contributed by atoms with E-state index in [0.717, 1.165) is 12.1 Å². The molecule has 20 heavy (non-hydrogen) atoms. The number of nitrogens with one attached hydrogen (secondary N) is 1. The molecule has 0 aromatic heterocycles. The molecule has 0 bridgehead atoms. The lowest BCUT2D eigenvalue weighted by atomic mass is 10.2. The van der Waals surface area contributed by atoms with Crippen molar-refractivity contribution in [3.8, 4) is 0 Å². The number of aliphatic hydroxyl groups excluding tert-OH is 1. The van der Waals surface area contributed by atoms with Crippen molar-refractivity contribution in [2.45, 2.75) is 10.9 Å². The van der Waals surface area contributed by atoms with E-state index in [-0.39, 0.29) is 6.61 Å². The van der Waals surface area contributed by atoms with E-state index in [1.54, 1.807) is 0 Å². The number of aromatic carboxylic acids is 1. The van der Waals surface area contributed by atoms with Crippen molar-refractivity contribution in [2.24, 2.45) is 0 Å².